The lowest BCUT2D eigenvalue weighted by molar-refractivity contribution is 0.398. The zero-order valence-corrected chi connectivity index (χ0v) is 17.1. The number of ether oxygens (including phenoxy) is 1. The number of benzene rings is 1. The molecule has 0 aliphatic heterocycles. The van der Waals surface area contributed by atoms with Crippen molar-refractivity contribution in [3.8, 4) is 17.0 Å². The van der Waals surface area contributed by atoms with Gasteiger partial charge in [-0.15, -0.1) is 13.1 Å². The van der Waals surface area contributed by atoms with Crippen molar-refractivity contribution in [2.75, 3.05) is 12.4 Å². The Morgan fingerprint density at radius 2 is 2.07 bits per heavy atom. The van der Waals surface area contributed by atoms with Crippen LogP contribution >= 0.6 is 28.3 Å². The van der Waals surface area contributed by atoms with Gasteiger partial charge in [0, 0.05) is 17.8 Å². The molecular formula is C17H16BrF2N5OS. The summed E-state index contributed by atoms with van der Waals surface area (Å²) in [5, 5.41) is 6.99. The molecule has 0 aliphatic carbocycles. The maximum Gasteiger partial charge on any atom is 0.239 e. The van der Waals surface area contributed by atoms with Crippen LogP contribution in [-0.4, -0.2) is 26.3 Å². The Kier molecular flexibility index (Phi) is 5.95. The van der Waals surface area contributed by atoms with Gasteiger partial charge in [-0.3, -0.25) is 0 Å². The van der Waals surface area contributed by atoms with Crippen LogP contribution in [0.25, 0.3) is 11.1 Å². The average Bonchev–Trinajstić information content (AvgIpc) is 3.02. The Labute approximate surface area is 167 Å². The molecule has 0 saturated heterocycles. The van der Waals surface area contributed by atoms with Gasteiger partial charge in [0.25, 0.3) is 0 Å². The predicted molar refractivity (Wildman–Crippen MR) is 105 cm³/mol. The molecule has 0 fully saturated rings. The number of halogens is 3. The molecule has 0 atom stereocenters. The topological polar surface area (TPSA) is 64.9 Å². The standard InChI is InChI=1S/C17H16BrF2N5OS/c1-9(2)12-7-11(19)8-13(10-4-5-21-14(6-10)26-3)15(12)22-17-23-16(18)24-25(17)27-20/h4-9H,1-3H3,(H,22,23,24). The molecule has 6 nitrogen and oxygen atoms in total. The Morgan fingerprint density at radius 1 is 1.30 bits per heavy atom. The number of nitrogens with one attached hydrogen (secondary N) is 1. The molecule has 3 rings (SSSR count). The number of pyridine rings is 1. The first-order chi connectivity index (χ1) is 12.9. The summed E-state index contributed by atoms with van der Waals surface area (Å²) in [5.74, 6) is 0.199. The maximum atomic E-state index is 14.3. The van der Waals surface area contributed by atoms with Gasteiger partial charge in [0.05, 0.1) is 12.8 Å². The molecule has 1 aromatic carbocycles. The Hall–Kier alpha value is -2.20. The zero-order valence-electron chi connectivity index (χ0n) is 14.7. The van der Waals surface area contributed by atoms with Crippen LogP contribution in [0, 0.1) is 5.82 Å². The van der Waals surface area contributed by atoms with E-state index in [1.807, 2.05) is 13.8 Å². The number of aromatic nitrogens is 4. The van der Waals surface area contributed by atoms with Crippen molar-refractivity contribution in [2.24, 2.45) is 0 Å². The minimum Gasteiger partial charge on any atom is -0.481 e. The Morgan fingerprint density at radius 3 is 2.74 bits per heavy atom. The van der Waals surface area contributed by atoms with Crippen LogP contribution < -0.4 is 10.1 Å². The quantitative estimate of drug-likeness (QED) is 0.529. The largest absolute Gasteiger partial charge is 0.481 e. The van der Waals surface area contributed by atoms with Crippen LogP contribution in [0.4, 0.5) is 19.9 Å². The Balaban J connectivity index is 2.20. The molecule has 0 bridgehead atoms. The third kappa shape index (κ3) is 4.22. The third-order valence-corrected chi connectivity index (χ3v) is 4.59. The first-order valence-electron chi connectivity index (χ1n) is 7.95. The number of hydrogen-bond donors (Lipinski definition) is 1. The molecule has 1 N–H and O–H groups in total. The van der Waals surface area contributed by atoms with Crippen molar-refractivity contribution in [3.63, 3.8) is 0 Å². The van der Waals surface area contributed by atoms with E-state index in [4.69, 9.17) is 4.74 Å². The smallest absolute Gasteiger partial charge is 0.239 e. The van der Waals surface area contributed by atoms with Crippen molar-refractivity contribution in [2.45, 2.75) is 19.8 Å². The van der Waals surface area contributed by atoms with Gasteiger partial charge < -0.3 is 10.1 Å². The van der Waals surface area contributed by atoms with Crippen LogP contribution in [0.2, 0.25) is 0 Å². The van der Waals surface area contributed by atoms with Crippen LogP contribution in [0.3, 0.4) is 0 Å². The number of anilines is 2. The SMILES string of the molecule is COc1cc(-c2cc(F)cc(C(C)C)c2Nc2nc(Br)nn2SF)ccn1. The molecule has 2 heterocycles. The summed E-state index contributed by atoms with van der Waals surface area (Å²) in [6, 6.07) is 6.31. The van der Waals surface area contributed by atoms with Crippen molar-refractivity contribution in [1.29, 1.82) is 0 Å². The molecule has 3 aromatic rings. The van der Waals surface area contributed by atoms with Gasteiger partial charge in [-0.1, -0.05) is 13.8 Å². The van der Waals surface area contributed by atoms with E-state index in [2.05, 4.69) is 36.3 Å². The summed E-state index contributed by atoms with van der Waals surface area (Å²) in [6.45, 7) is 3.89. The fourth-order valence-electron chi connectivity index (χ4n) is 2.65. The minimum absolute atomic E-state index is 0.00326. The average molecular weight is 456 g/mol. The monoisotopic (exact) mass is 455 g/mol. The van der Waals surface area contributed by atoms with Gasteiger partial charge in [0.1, 0.15) is 5.82 Å². The highest BCUT2D eigenvalue weighted by Gasteiger charge is 2.19. The fourth-order valence-corrected chi connectivity index (χ4v) is 3.34. The molecule has 0 amide bonds. The van der Waals surface area contributed by atoms with Gasteiger partial charge in [0.2, 0.25) is 16.6 Å². The van der Waals surface area contributed by atoms with Gasteiger partial charge in [-0.05, 0) is 51.2 Å². The number of methoxy groups -OCH3 is 1. The van der Waals surface area contributed by atoms with Crippen molar-refractivity contribution >= 4 is 39.9 Å². The highest BCUT2D eigenvalue weighted by Crippen LogP contribution is 2.38. The molecular weight excluding hydrogens is 440 g/mol. The van der Waals surface area contributed by atoms with E-state index in [1.54, 1.807) is 18.3 Å². The van der Waals surface area contributed by atoms with Crippen molar-refractivity contribution in [1.82, 2.24) is 19.2 Å². The molecule has 0 unspecified atom stereocenters. The van der Waals surface area contributed by atoms with E-state index in [1.165, 1.54) is 19.2 Å². The highest BCUT2D eigenvalue weighted by molar-refractivity contribution is 9.10. The van der Waals surface area contributed by atoms with E-state index in [0.29, 0.717) is 22.7 Å². The lowest BCUT2D eigenvalue weighted by Crippen LogP contribution is -2.05. The van der Waals surface area contributed by atoms with Crippen LogP contribution in [0.15, 0.2) is 35.2 Å². The summed E-state index contributed by atoms with van der Waals surface area (Å²) in [4.78, 5) is 8.22. The summed E-state index contributed by atoms with van der Waals surface area (Å²) in [6.07, 6.45) is 1.58. The van der Waals surface area contributed by atoms with E-state index in [9.17, 15) is 8.28 Å². The molecule has 10 heteroatoms. The van der Waals surface area contributed by atoms with Gasteiger partial charge in [-0.2, -0.15) is 4.98 Å². The summed E-state index contributed by atoms with van der Waals surface area (Å²) < 4.78 is 33.9. The first-order valence-corrected chi connectivity index (χ1v) is 9.42. The lowest BCUT2D eigenvalue weighted by atomic mass is 9.94. The second-order valence-corrected chi connectivity index (χ2v) is 7.12. The summed E-state index contributed by atoms with van der Waals surface area (Å²) in [7, 11) is 1.51. The second-order valence-electron chi connectivity index (χ2n) is 5.93. The van der Waals surface area contributed by atoms with E-state index >= 15 is 0 Å². The van der Waals surface area contributed by atoms with Crippen molar-refractivity contribution in [3.05, 3.63) is 46.6 Å². The minimum atomic E-state index is -0.377. The fraction of sp³-hybridized carbons (Fsp3) is 0.235. The van der Waals surface area contributed by atoms with Crippen LogP contribution in [0.1, 0.15) is 25.3 Å². The van der Waals surface area contributed by atoms with Crippen molar-refractivity contribution < 1.29 is 13.0 Å². The van der Waals surface area contributed by atoms with Crippen LogP contribution in [0.5, 0.6) is 5.88 Å². The second kappa shape index (κ2) is 8.22. The predicted octanol–water partition coefficient (Wildman–Crippen LogP) is 5.50. The van der Waals surface area contributed by atoms with E-state index < -0.39 is 0 Å². The maximum absolute atomic E-state index is 14.3. The van der Waals surface area contributed by atoms with Crippen LogP contribution in [-0.2, 0) is 0 Å². The molecule has 0 aliphatic rings. The summed E-state index contributed by atoms with van der Waals surface area (Å²) in [5.41, 5.74) is 2.60. The van der Waals surface area contributed by atoms with E-state index in [0.717, 1.165) is 9.65 Å². The van der Waals surface area contributed by atoms with E-state index in [-0.39, 0.29) is 34.8 Å². The molecule has 0 radical (unpaired) electrons. The zero-order chi connectivity index (χ0) is 19.6. The molecule has 2 aromatic heterocycles. The molecule has 142 valence electrons. The van der Waals surface area contributed by atoms with Gasteiger partial charge >= 0.3 is 0 Å². The van der Waals surface area contributed by atoms with Gasteiger partial charge in [-0.25, -0.2) is 9.37 Å². The summed E-state index contributed by atoms with van der Waals surface area (Å²) >= 11 is 3.04. The number of hydrogen-bond acceptors (Lipinski definition) is 6. The molecule has 0 saturated carbocycles. The lowest BCUT2D eigenvalue weighted by Gasteiger charge is -2.19. The number of nitrogens with zero attached hydrogens (tertiary/aromatic N) is 4. The first kappa shape index (κ1) is 19.6. The Bertz CT molecular complexity index is 966. The number of rotatable bonds is 6. The molecule has 0 spiro atoms. The molecule has 27 heavy (non-hydrogen) atoms. The normalized spacial score (nSPS) is 11.1. The third-order valence-electron chi connectivity index (χ3n) is 3.87. The highest BCUT2D eigenvalue weighted by atomic mass is 79.9. The van der Waals surface area contributed by atoms with Gasteiger partial charge in [0.15, 0.2) is 12.3 Å².